The third-order valence-electron chi connectivity index (χ3n) is 4.98. The number of hydrogen-bond acceptors (Lipinski definition) is 2. The molecule has 2 heteroatoms. The van der Waals surface area contributed by atoms with Gasteiger partial charge in [-0.05, 0) is 30.6 Å². The molecular weight excluding hydrogens is 164 g/mol. The van der Waals surface area contributed by atoms with E-state index in [4.69, 9.17) is 9.84 Å². The highest BCUT2D eigenvalue weighted by Crippen LogP contribution is 2.74. The molecule has 3 aliphatic carbocycles. The molecule has 1 N–H and O–H groups in total. The Labute approximate surface area is 79.3 Å². The summed E-state index contributed by atoms with van der Waals surface area (Å²) in [7, 11) is 0. The molecule has 3 saturated heterocycles. The van der Waals surface area contributed by atoms with Crippen molar-refractivity contribution < 1.29 is 9.84 Å². The Kier molecular flexibility index (Phi) is 1.24. The third-order valence-corrected chi connectivity index (χ3v) is 4.98. The molecule has 0 aromatic carbocycles. The van der Waals surface area contributed by atoms with Crippen LogP contribution >= 0.6 is 0 Å². The van der Waals surface area contributed by atoms with Crippen molar-refractivity contribution in [3.05, 3.63) is 0 Å². The van der Waals surface area contributed by atoms with Gasteiger partial charge < -0.3 is 9.84 Å². The summed E-state index contributed by atoms with van der Waals surface area (Å²) in [5, 5.41) is 8.96. The normalized spacial score (nSPS) is 55.2. The molecule has 3 unspecified atom stereocenters. The van der Waals surface area contributed by atoms with Crippen LogP contribution in [0.5, 0.6) is 0 Å². The van der Waals surface area contributed by atoms with Crippen LogP contribution in [-0.4, -0.2) is 22.9 Å². The molecule has 6 aliphatic rings. The second kappa shape index (κ2) is 1.96. The summed E-state index contributed by atoms with van der Waals surface area (Å²) in [6, 6.07) is 0. The lowest BCUT2D eigenvalue weighted by molar-refractivity contribution is -0.429. The van der Waals surface area contributed by atoms with E-state index in [-0.39, 0.29) is 17.8 Å². The van der Waals surface area contributed by atoms with Gasteiger partial charge in [0.05, 0.1) is 11.2 Å². The zero-order valence-electron chi connectivity index (χ0n) is 8.47. The summed E-state index contributed by atoms with van der Waals surface area (Å²) in [5.74, 6) is 0.849. The lowest BCUT2D eigenvalue weighted by Crippen LogP contribution is -2.80. The predicted octanol–water partition coefficient (Wildman–Crippen LogP) is 1.72. The van der Waals surface area contributed by atoms with Crippen LogP contribution in [-0.2, 0) is 4.74 Å². The Balaban J connectivity index is 1.83. The summed E-state index contributed by atoms with van der Waals surface area (Å²) in [4.78, 5) is 0. The van der Waals surface area contributed by atoms with Crippen molar-refractivity contribution >= 4 is 0 Å². The maximum absolute atomic E-state index is 8.96. The van der Waals surface area contributed by atoms with E-state index < -0.39 is 0 Å². The zero-order chi connectivity index (χ0) is 9.32. The van der Waals surface area contributed by atoms with Crippen LogP contribution < -0.4 is 0 Å². The van der Waals surface area contributed by atoms with E-state index in [0.717, 1.165) is 12.3 Å². The first-order valence-electron chi connectivity index (χ1n) is 5.35. The fourth-order valence-corrected chi connectivity index (χ4v) is 3.89. The Morgan fingerprint density at radius 1 is 1.38 bits per heavy atom. The number of hydrogen-bond donors (Lipinski definition) is 1. The fraction of sp³-hybridized carbons (Fsp3) is 1.00. The minimum atomic E-state index is 0.0905. The number of aliphatic hydroxyl groups excluding tert-OH is 1. The maximum Gasteiger partial charge on any atom is 0.0773 e. The van der Waals surface area contributed by atoms with Gasteiger partial charge in [0.25, 0.3) is 0 Å². The van der Waals surface area contributed by atoms with Gasteiger partial charge in [-0.3, -0.25) is 0 Å². The van der Waals surface area contributed by atoms with E-state index in [0.29, 0.717) is 5.41 Å². The number of rotatable bonds is 2. The van der Waals surface area contributed by atoms with Crippen molar-refractivity contribution in [1.82, 2.24) is 0 Å². The van der Waals surface area contributed by atoms with Crippen LogP contribution in [0.4, 0.5) is 0 Å². The van der Waals surface area contributed by atoms with Gasteiger partial charge in [0.2, 0.25) is 0 Å². The smallest absolute Gasteiger partial charge is 0.0773 e. The van der Waals surface area contributed by atoms with Crippen LogP contribution in [0.3, 0.4) is 0 Å². The topological polar surface area (TPSA) is 29.5 Å². The van der Waals surface area contributed by atoms with Gasteiger partial charge in [0.15, 0.2) is 0 Å². The largest absolute Gasteiger partial charge is 0.396 e. The van der Waals surface area contributed by atoms with Gasteiger partial charge in [-0.25, -0.2) is 0 Å². The van der Waals surface area contributed by atoms with Gasteiger partial charge >= 0.3 is 0 Å². The second-order valence-electron chi connectivity index (χ2n) is 5.76. The molecule has 74 valence electrons. The minimum absolute atomic E-state index is 0.0905. The molecule has 3 aliphatic heterocycles. The summed E-state index contributed by atoms with van der Waals surface area (Å²) in [5.41, 5.74) is 0.711. The Bertz CT molecular complexity index is 245. The van der Waals surface area contributed by atoms with Gasteiger partial charge in [-0.2, -0.15) is 0 Å². The molecule has 6 rings (SSSR count). The Morgan fingerprint density at radius 2 is 2.08 bits per heavy atom. The zero-order valence-corrected chi connectivity index (χ0v) is 8.47. The second-order valence-corrected chi connectivity index (χ2v) is 5.76. The van der Waals surface area contributed by atoms with Crippen LogP contribution in [0.25, 0.3) is 0 Å². The minimum Gasteiger partial charge on any atom is -0.396 e. The summed E-state index contributed by atoms with van der Waals surface area (Å²) < 4.78 is 6.11. The summed E-state index contributed by atoms with van der Waals surface area (Å²) in [6.07, 6.45) is 4.50. The van der Waals surface area contributed by atoms with Crippen molar-refractivity contribution in [2.24, 2.45) is 11.3 Å². The van der Waals surface area contributed by atoms with E-state index in [1.54, 1.807) is 0 Å². The maximum atomic E-state index is 8.96. The quantitative estimate of drug-likeness (QED) is 0.704. The van der Waals surface area contributed by atoms with Crippen molar-refractivity contribution in [1.29, 1.82) is 0 Å². The molecule has 13 heavy (non-hydrogen) atoms. The molecule has 0 amide bonds. The van der Waals surface area contributed by atoms with Crippen LogP contribution in [0, 0.1) is 11.3 Å². The monoisotopic (exact) mass is 182 g/mol. The van der Waals surface area contributed by atoms with Crippen molar-refractivity contribution in [3.63, 3.8) is 0 Å². The summed E-state index contributed by atoms with van der Waals surface area (Å²) >= 11 is 0. The molecule has 6 fully saturated rings. The van der Waals surface area contributed by atoms with Gasteiger partial charge in [0.1, 0.15) is 0 Å². The molecule has 1 spiro atoms. The van der Waals surface area contributed by atoms with Crippen LogP contribution in [0.2, 0.25) is 0 Å². The van der Waals surface area contributed by atoms with E-state index in [1.165, 1.54) is 19.3 Å². The molecule has 0 radical (unpaired) electrons. The van der Waals surface area contributed by atoms with E-state index >= 15 is 0 Å². The van der Waals surface area contributed by atoms with E-state index in [2.05, 4.69) is 13.8 Å². The highest BCUT2D eigenvalue weighted by atomic mass is 16.6. The Hall–Kier alpha value is -0.0800. The number of aliphatic hydroxyl groups is 1. The van der Waals surface area contributed by atoms with Crippen molar-refractivity contribution in [2.45, 2.75) is 50.7 Å². The lowest BCUT2D eigenvalue weighted by Gasteiger charge is -2.78. The van der Waals surface area contributed by atoms with Gasteiger partial charge in [-0.1, -0.05) is 13.8 Å². The Morgan fingerprint density at radius 3 is 2.46 bits per heavy atom. The molecule has 3 heterocycles. The predicted molar refractivity (Wildman–Crippen MR) is 49.4 cm³/mol. The molecule has 3 saturated carbocycles. The first-order chi connectivity index (χ1) is 6.04. The van der Waals surface area contributed by atoms with Gasteiger partial charge in [-0.15, -0.1) is 0 Å². The van der Waals surface area contributed by atoms with Crippen LogP contribution in [0.15, 0.2) is 0 Å². The highest BCUT2D eigenvalue weighted by molar-refractivity contribution is 5.25. The molecule has 3 atom stereocenters. The first-order valence-corrected chi connectivity index (χ1v) is 5.35. The molecule has 0 aromatic heterocycles. The van der Waals surface area contributed by atoms with Crippen molar-refractivity contribution in [2.75, 3.05) is 6.61 Å². The average Bonchev–Trinajstić information content (AvgIpc) is 2.02. The van der Waals surface area contributed by atoms with Crippen LogP contribution in [0.1, 0.15) is 39.5 Å². The SMILES string of the molecule is CC1(C)C2CC3(CCO)CC1(C2)O3. The third kappa shape index (κ3) is 0.701. The molecule has 2 nitrogen and oxygen atoms in total. The lowest BCUT2D eigenvalue weighted by atomic mass is 9.39. The average molecular weight is 182 g/mol. The number of ether oxygens (including phenoxy) is 1. The summed E-state index contributed by atoms with van der Waals surface area (Å²) in [6.45, 7) is 4.95. The van der Waals surface area contributed by atoms with E-state index in [1.807, 2.05) is 0 Å². The standard InChI is InChI=1S/C11H18O2/c1-9(2)8-5-10(3-4-12)7-11(9,6-8)13-10/h8,12H,3-7H2,1-2H3. The molecule has 0 aromatic rings. The first kappa shape index (κ1) is 8.25. The molecule has 3 bridgehead atoms. The highest BCUT2D eigenvalue weighted by Gasteiger charge is 2.76. The fourth-order valence-electron chi connectivity index (χ4n) is 3.89. The van der Waals surface area contributed by atoms with E-state index in [9.17, 15) is 0 Å². The molecular formula is C11H18O2. The van der Waals surface area contributed by atoms with Crippen molar-refractivity contribution in [3.8, 4) is 0 Å². The van der Waals surface area contributed by atoms with Gasteiger partial charge in [0, 0.05) is 13.0 Å².